The van der Waals surface area contributed by atoms with Gasteiger partial charge in [0.1, 0.15) is 34.6 Å². The predicted molar refractivity (Wildman–Crippen MR) is 128 cm³/mol. The topological polar surface area (TPSA) is 86.1 Å². The number of amides is 1. The lowest BCUT2D eigenvalue weighted by Crippen LogP contribution is -2.42. The van der Waals surface area contributed by atoms with Gasteiger partial charge >= 0.3 is 6.61 Å². The molecule has 8 nitrogen and oxygen atoms in total. The molecule has 1 aromatic carbocycles. The van der Waals surface area contributed by atoms with Gasteiger partial charge in [0.05, 0.1) is 19.0 Å². The van der Waals surface area contributed by atoms with E-state index in [0.29, 0.717) is 29.0 Å². The van der Waals surface area contributed by atoms with Gasteiger partial charge in [0.15, 0.2) is 0 Å². The van der Waals surface area contributed by atoms with Crippen LogP contribution in [-0.4, -0.2) is 53.2 Å². The zero-order valence-electron chi connectivity index (χ0n) is 19.9. The minimum Gasteiger partial charge on any atom is -0.496 e. The number of ether oxygens (including phenoxy) is 3. The molecule has 4 heterocycles. The zero-order chi connectivity index (χ0) is 24.8. The smallest absolute Gasteiger partial charge is 0.387 e. The molecule has 0 spiro atoms. The number of aromatic nitrogens is 2. The minimum absolute atomic E-state index is 0.0473. The first-order valence-electron chi connectivity index (χ1n) is 12.3. The molecule has 3 aromatic rings. The van der Waals surface area contributed by atoms with E-state index in [0.717, 1.165) is 31.4 Å². The number of nitrogens with zero attached hydrogens (tertiary/aromatic N) is 2. The summed E-state index contributed by atoms with van der Waals surface area (Å²) in [5, 5.41) is 6.43. The van der Waals surface area contributed by atoms with Gasteiger partial charge in [-0.25, -0.2) is 4.98 Å². The maximum Gasteiger partial charge on any atom is 0.387 e. The summed E-state index contributed by atoms with van der Waals surface area (Å²) >= 11 is 0. The van der Waals surface area contributed by atoms with Gasteiger partial charge in [0.25, 0.3) is 5.91 Å². The number of alkyl halides is 2. The van der Waals surface area contributed by atoms with Gasteiger partial charge in [-0.15, -0.1) is 0 Å². The van der Waals surface area contributed by atoms with E-state index >= 15 is 0 Å². The fraction of sp³-hybridized carbons (Fsp3) is 0.462. The van der Waals surface area contributed by atoms with Gasteiger partial charge in [-0.05, 0) is 56.7 Å². The van der Waals surface area contributed by atoms with Crippen LogP contribution in [0.4, 0.5) is 8.78 Å². The van der Waals surface area contributed by atoms with Gasteiger partial charge in [-0.3, -0.25) is 9.20 Å². The molecule has 1 saturated carbocycles. The Morgan fingerprint density at radius 2 is 1.89 bits per heavy atom. The van der Waals surface area contributed by atoms with E-state index < -0.39 is 12.5 Å². The van der Waals surface area contributed by atoms with Crippen molar-refractivity contribution in [1.29, 1.82) is 0 Å². The third-order valence-corrected chi connectivity index (χ3v) is 7.15. The Kier molecular flexibility index (Phi) is 5.91. The van der Waals surface area contributed by atoms with E-state index in [-0.39, 0.29) is 29.2 Å². The van der Waals surface area contributed by atoms with Crippen LogP contribution in [-0.2, 0) is 0 Å². The maximum absolute atomic E-state index is 13.3. The summed E-state index contributed by atoms with van der Waals surface area (Å²) in [5.41, 5.74) is 1.78. The number of nitrogens with one attached hydrogen (secondary N) is 2. The van der Waals surface area contributed by atoms with Crippen molar-refractivity contribution >= 4 is 11.6 Å². The van der Waals surface area contributed by atoms with Crippen LogP contribution in [0.1, 0.15) is 48.9 Å². The van der Waals surface area contributed by atoms with Crippen LogP contribution in [0.15, 0.2) is 36.7 Å². The first-order valence-corrected chi connectivity index (χ1v) is 12.3. The number of hydrogen-bond donors (Lipinski definition) is 2. The molecule has 190 valence electrons. The number of fused-ring (bicyclic) bond motifs is 3. The van der Waals surface area contributed by atoms with Gasteiger partial charge in [0.2, 0.25) is 0 Å². The number of pyridine rings is 1. The number of carbonyl (C=O) groups excluding carboxylic acids is 1. The van der Waals surface area contributed by atoms with Gasteiger partial charge in [-0.2, -0.15) is 8.78 Å². The highest BCUT2D eigenvalue weighted by Crippen LogP contribution is 2.37. The third kappa shape index (κ3) is 4.57. The summed E-state index contributed by atoms with van der Waals surface area (Å²) in [6, 6.07) is 7.94. The largest absolute Gasteiger partial charge is 0.496 e. The predicted octanol–water partition coefficient (Wildman–Crippen LogP) is 4.17. The molecule has 6 rings (SSSR count). The Hall–Kier alpha value is -3.40. The number of benzene rings is 1. The van der Waals surface area contributed by atoms with Crippen molar-refractivity contribution in [3.63, 3.8) is 0 Å². The fourth-order valence-corrected chi connectivity index (χ4v) is 5.34. The minimum atomic E-state index is -3.09. The summed E-state index contributed by atoms with van der Waals surface area (Å²) in [4.78, 5) is 17.3. The molecule has 2 N–H and O–H groups in total. The number of imidazole rings is 1. The van der Waals surface area contributed by atoms with E-state index in [2.05, 4.69) is 15.6 Å². The third-order valence-electron chi connectivity index (χ3n) is 7.15. The van der Waals surface area contributed by atoms with Crippen molar-refractivity contribution in [3.05, 3.63) is 42.2 Å². The molecule has 2 aliphatic heterocycles. The van der Waals surface area contributed by atoms with Crippen LogP contribution in [0.3, 0.4) is 0 Å². The first-order chi connectivity index (χ1) is 17.5. The molecule has 3 aliphatic rings. The number of hydrogen-bond acceptors (Lipinski definition) is 6. The van der Waals surface area contributed by atoms with Crippen LogP contribution >= 0.6 is 0 Å². The van der Waals surface area contributed by atoms with Crippen molar-refractivity contribution < 1.29 is 27.8 Å². The van der Waals surface area contributed by atoms with E-state index in [1.165, 1.54) is 26.0 Å². The van der Waals surface area contributed by atoms with Crippen LogP contribution in [0.5, 0.6) is 17.2 Å². The lowest BCUT2D eigenvalue weighted by Gasteiger charge is -2.29. The average Bonchev–Trinajstić information content (AvgIpc) is 3.46. The summed E-state index contributed by atoms with van der Waals surface area (Å²) in [7, 11) is 1.39. The van der Waals surface area contributed by atoms with Crippen molar-refractivity contribution in [2.24, 2.45) is 0 Å². The van der Waals surface area contributed by atoms with Crippen molar-refractivity contribution in [3.8, 4) is 28.5 Å². The second-order valence-corrected chi connectivity index (χ2v) is 9.76. The van der Waals surface area contributed by atoms with Gasteiger partial charge in [-0.1, -0.05) is 0 Å². The molecule has 2 aromatic heterocycles. The van der Waals surface area contributed by atoms with Crippen molar-refractivity contribution in [2.45, 2.75) is 69.4 Å². The fourth-order valence-electron chi connectivity index (χ4n) is 5.34. The Bertz CT molecular complexity index is 1280. The number of halogens is 2. The molecule has 1 unspecified atom stereocenters. The molecule has 10 heteroatoms. The van der Waals surface area contributed by atoms with Crippen LogP contribution in [0.25, 0.3) is 16.9 Å². The number of rotatable bonds is 8. The molecule has 2 bridgehead atoms. The summed E-state index contributed by atoms with van der Waals surface area (Å²) < 4.78 is 44.8. The monoisotopic (exact) mass is 498 g/mol. The second-order valence-electron chi connectivity index (χ2n) is 9.76. The van der Waals surface area contributed by atoms with E-state index in [1.54, 1.807) is 12.3 Å². The molecule has 36 heavy (non-hydrogen) atoms. The molecular formula is C26H28F2N4O4. The highest BCUT2D eigenvalue weighted by molar-refractivity contribution is 6.01. The molecule has 2 saturated heterocycles. The Morgan fingerprint density at radius 3 is 2.58 bits per heavy atom. The molecule has 0 radical (unpaired) electrons. The second kappa shape index (κ2) is 9.24. The van der Waals surface area contributed by atoms with E-state index in [1.807, 2.05) is 22.7 Å². The molecule has 1 aliphatic carbocycles. The average molecular weight is 499 g/mol. The first kappa shape index (κ1) is 23.0. The number of piperidine rings is 1. The Balaban J connectivity index is 1.31. The van der Waals surface area contributed by atoms with Crippen molar-refractivity contribution in [2.75, 3.05) is 7.11 Å². The highest BCUT2D eigenvalue weighted by atomic mass is 19.3. The maximum atomic E-state index is 13.3. The van der Waals surface area contributed by atoms with Crippen LogP contribution in [0.2, 0.25) is 0 Å². The van der Waals surface area contributed by atoms with E-state index in [9.17, 15) is 13.6 Å². The molecular weight excluding hydrogens is 470 g/mol. The lowest BCUT2D eigenvalue weighted by atomic mass is 10.0. The SMILES string of the molecule is COc1cc(-c2cnc3cc(OC4C[C@H]5CC[C@@H](C4)N5)ccn23)cc(OC(F)F)c1C(=O)NC1CC1. The summed E-state index contributed by atoms with van der Waals surface area (Å²) in [6.07, 6.45) is 9.79. The summed E-state index contributed by atoms with van der Waals surface area (Å²) in [6.45, 7) is -3.09. The van der Waals surface area contributed by atoms with Crippen LogP contribution < -0.4 is 24.8 Å². The molecule has 3 atom stereocenters. The van der Waals surface area contributed by atoms with E-state index in [4.69, 9.17) is 14.2 Å². The molecule has 1 amide bonds. The lowest BCUT2D eigenvalue weighted by molar-refractivity contribution is -0.0502. The Morgan fingerprint density at radius 1 is 1.14 bits per heavy atom. The normalized spacial score (nSPS) is 23.2. The zero-order valence-corrected chi connectivity index (χ0v) is 19.9. The summed E-state index contributed by atoms with van der Waals surface area (Å²) in [5.74, 6) is 0.157. The number of carbonyl (C=O) groups is 1. The highest BCUT2D eigenvalue weighted by Gasteiger charge is 2.34. The quantitative estimate of drug-likeness (QED) is 0.485. The van der Waals surface area contributed by atoms with Crippen LogP contribution in [0, 0.1) is 0 Å². The number of methoxy groups -OCH3 is 1. The Labute approximate surface area is 206 Å². The van der Waals surface area contributed by atoms with Gasteiger partial charge in [0, 0.05) is 36.0 Å². The van der Waals surface area contributed by atoms with Gasteiger partial charge < -0.3 is 24.8 Å². The van der Waals surface area contributed by atoms with Crippen molar-refractivity contribution in [1.82, 2.24) is 20.0 Å². The molecule has 3 fully saturated rings. The standard InChI is InChI=1S/C26H28F2N4O4/c1-34-21-8-14(9-22(36-26(27)28)24(21)25(33)31-15-2-3-15)20-13-29-23-12-18(6-7-32(20)23)35-19-10-16-4-5-17(11-19)30-16/h6-9,12-13,15-17,19,26,30H,2-5,10-11H2,1H3,(H,31,33)/t16-,17+,19?.